The summed E-state index contributed by atoms with van der Waals surface area (Å²) in [5.41, 5.74) is -6.52. The molecule has 0 fully saturated rings. The number of halogens is 12. The largest absolute Gasteiger partial charge is 0.416 e. The molecule has 0 spiro atoms. The number of likely N-dealkylation sites (N-methyl/N-ethyl adjacent to an activating group) is 2. The standard InChI is InChI=1S/2C24H27F6N3OS/c2*1-14(15-9-7-6-8-10-15)33(5)20(34)19(22(2,3)4)32-21(35)31-18-12-16(23(25,26)27)11-17(13-18)24(28,29)30/h2*6-14,19H,1-5H3,(H2,31,32,35)/t2*14-,19+/m00/s1. The molecule has 0 bridgehead atoms. The highest BCUT2D eigenvalue weighted by atomic mass is 32.1. The lowest BCUT2D eigenvalue weighted by Gasteiger charge is -2.36. The maximum Gasteiger partial charge on any atom is 0.416 e. The van der Waals surface area contributed by atoms with Gasteiger partial charge in [0.15, 0.2) is 10.2 Å². The van der Waals surface area contributed by atoms with Gasteiger partial charge in [-0.3, -0.25) is 9.59 Å². The number of amides is 2. The van der Waals surface area contributed by atoms with Crippen LogP contribution in [0.1, 0.15) is 101 Å². The fourth-order valence-electron chi connectivity index (χ4n) is 6.65. The van der Waals surface area contributed by atoms with E-state index >= 15 is 0 Å². The van der Waals surface area contributed by atoms with Crippen molar-refractivity contribution >= 4 is 57.8 Å². The Balaban J connectivity index is 0.000000370. The molecule has 22 heteroatoms. The number of thiocarbonyl (C=S) groups is 2. The quantitative estimate of drug-likeness (QED) is 0.0923. The Morgan fingerprint density at radius 3 is 0.914 bits per heavy atom. The number of carbonyl (C=O) groups excluding carboxylic acids is 2. The second-order valence-electron chi connectivity index (χ2n) is 18.5. The predicted molar refractivity (Wildman–Crippen MR) is 253 cm³/mol. The third-order valence-corrected chi connectivity index (χ3v) is 11.3. The van der Waals surface area contributed by atoms with Crippen LogP contribution >= 0.6 is 24.4 Å². The molecule has 4 aromatic carbocycles. The normalized spacial score (nSPS) is 14.1. The number of hydrogen-bond donors (Lipinski definition) is 4. The molecule has 4 rings (SSSR count). The maximum atomic E-state index is 13.3. The predicted octanol–water partition coefficient (Wildman–Crippen LogP) is 13.3. The lowest BCUT2D eigenvalue weighted by molar-refractivity contribution is -0.144. The number of alkyl halides is 12. The molecule has 70 heavy (non-hydrogen) atoms. The molecule has 4 atom stereocenters. The van der Waals surface area contributed by atoms with Crippen molar-refractivity contribution in [3.63, 3.8) is 0 Å². The van der Waals surface area contributed by atoms with Gasteiger partial charge in [-0.2, -0.15) is 52.7 Å². The molecular formula is C48H54F12N6O2S2. The van der Waals surface area contributed by atoms with Gasteiger partial charge in [0.05, 0.1) is 34.3 Å². The van der Waals surface area contributed by atoms with Gasteiger partial charge in [0.25, 0.3) is 0 Å². The van der Waals surface area contributed by atoms with E-state index in [4.69, 9.17) is 24.4 Å². The Bertz CT molecular complexity index is 2200. The maximum absolute atomic E-state index is 13.3. The summed E-state index contributed by atoms with van der Waals surface area (Å²) in [4.78, 5) is 29.7. The highest BCUT2D eigenvalue weighted by molar-refractivity contribution is 7.80. The zero-order valence-corrected chi connectivity index (χ0v) is 41.2. The average Bonchev–Trinajstić information content (AvgIpc) is 3.24. The van der Waals surface area contributed by atoms with Gasteiger partial charge in [-0.05, 0) is 96.6 Å². The van der Waals surface area contributed by atoms with Crippen LogP contribution in [0.3, 0.4) is 0 Å². The molecule has 0 aliphatic heterocycles. The number of nitrogens with zero attached hydrogens (tertiary/aromatic N) is 2. The Hall–Kier alpha value is -5.64. The molecule has 2 amide bonds. The zero-order valence-electron chi connectivity index (χ0n) is 39.6. The molecule has 0 aliphatic rings. The Kier molecular flexibility index (Phi) is 19.0. The highest BCUT2D eigenvalue weighted by Gasteiger charge is 2.40. The van der Waals surface area contributed by atoms with Gasteiger partial charge in [-0.1, -0.05) is 102 Å². The van der Waals surface area contributed by atoms with E-state index in [1.54, 1.807) is 55.6 Å². The SMILES string of the molecule is C[C@@H](c1ccccc1)N(C)C(=O)[C@@H](NC(=S)Nc1cc(C(F)(F)F)cc(C(F)(F)F)c1)C(C)(C)C.C[C@@H](c1ccccc1)N(C)C(=O)[C@@H](NC(=S)Nc1cc(C(F)(F)F)cc(C(F)(F)F)c1)C(C)(C)C. The van der Waals surface area contributed by atoms with Crippen molar-refractivity contribution in [2.75, 3.05) is 24.7 Å². The fourth-order valence-corrected chi connectivity index (χ4v) is 7.12. The number of anilines is 2. The van der Waals surface area contributed by atoms with Crippen molar-refractivity contribution in [2.24, 2.45) is 10.8 Å². The topological polar surface area (TPSA) is 88.7 Å². The molecular weight excluding hydrogens is 985 g/mol. The summed E-state index contributed by atoms with van der Waals surface area (Å²) < 4.78 is 158. The lowest BCUT2D eigenvalue weighted by Crippen LogP contribution is -2.55. The van der Waals surface area contributed by atoms with Crippen molar-refractivity contribution in [1.82, 2.24) is 20.4 Å². The summed E-state index contributed by atoms with van der Waals surface area (Å²) in [6.07, 6.45) is -20.0. The van der Waals surface area contributed by atoms with Gasteiger partial charge in [0.2, 0.25) is 11.8 Å². The Morgan fingerprint density at radius 2 is 0.700 bits per heavy atom. The first kappa shape index (κ1) is 58.7. The number of hydrogen-bond acceptors (Lipinski definition) is 4. The average molecular weight is 1040 g/mol. The number of benzene rings is 4. The number of nitrogens with one attached hydrogen (secondary N) is 4. The third-order valence-electron chi connectivity index (χ3n) is 10.9. The van der Waals surface area contributed by atoms with Crippen molar-refractivity contribution in [2.45, 2.75) is 104 Å². The van der Waals surface area contributed by atoms with E-state index in [9.17, 15) is 62.3 Å². The van der Waals surface area contributed by atoms with Crippen molar-refractivity contribution in [3.05, 3.63) is 130 Å². The monoisotopic (exact) mass is 1040 g/mol. The molecule has 0 aromatic heterocycles. The lowest BCUT2D eigenvalue weighted by atomic mass is 9.85. The first-order chi connectivity index (χ1) is 31.8. The van der Waals surface area contributed by atoms with Gasteiger partial charge >= 0.3 is 24.7 Å². The van der Waals surface area contributed by atoms with Crippen LogP contribution in [-0.2, 0) is 34.3 Å². The van der Waals surface area contributed by atoms with Crippen LogP contribution in [0, 0.1) is 10.8 Å². The van der Waals surface area contributed by atoms with Crippen molar-refractivity contribution in [1.29, 1.82) is 0 Å². The van der Waals surface area contributed by atoms with Gasteiger partial charge in [0, 0.05) is 25.5 Å². The highest BCUT2D eigenvalue weighted by Crippen LogP contribution is 2.39. The van der Waals surface area contributed by atoms with Crippen LogP contribution in [-0.4, -0.2) is 58.0 Å². The molecule has 0 unspecified atom stereocenters. The van der Waals surface area contributed by atoms with Crippen molar-refractivity contribution in [3.8, 4) is 0 Å². The zero-order chi connectivity index (χ0) is 53.5. The third kappa shape index (κ3) is 16.8. The molecule has 0 saturated carbocycles. The minimum atomic E-state index is -4.99. The first-order valence-electron chi connectivity index (χ1n) is 21.2. The summed E-state index contributed by atoms with van der Waals surface area (Å²) in [5, 5.41) is 9.73. The molecule has 384 valence electrons. The van der Waals surface area contributed by atoms with Crippen LogP contribution in [0.25, 0.3) is 0 Å². The van der Waals surface area contributed by atoms with Gasteiger partial charge < -0.3 is 31.1 Å². The summed E-state index contributed by atoms with van der Waals surface area (Å²) >= 11 is 10.3. The van der Waals surface area contributed by atoms with E-state index in [-0.39, 0.29) is 46.3 Å². The molecule has 4 N–H and O–H groups in total. The van der Waals surface area contributed by atoms with E-state index in [2.05, 4.69) is 21.3 Å². The molecule has 0 heterocycles. The number of carbonyl (C=O) groups is 2. The summed E-state index contributed by atoms with van der Waals surface area (Å²) in [6, 6.07) is 18.3. The first-order valence-corrected chi connectivity index (χ1v) is 22.0. The minimum absolute atomic E-state index is 0.0308. The fraction of sp³-hybridized carbons (Fsp3) is 0.417. The van der Waals surface area contributed by atoms with Crippen LogP contribution in [0.15, 0.2) is 97.1 Å². The van der Waals surface area contributed by atoms with E-state index < -0.39 is 81.2 Å². The smallest absolute Gasteiger partial charge is 0.350 e. The van der Waals surface area contributed by atoms with Crippen LogP contribution in [0.5, 0.6) is 0 Å². The molecule has 0 saturated heterocycles. The summed E-state index contributed by atoms with van der Waals surface area (Å²) in [6.45, 7) is 14.2. The second kappa shape index (κ2) is 22.6. The molecule has 8 nitrogen and oxygen atoms in total. The van der Waals surface area contributed by atoms with E-state index in [1.807, 2.05) is 74.5 Å². The van der Waals surface area contributed by atoms with Crippen LogP contribution < -0.4 is 21.3 Å². The van der Waals surface area contributed by atoms with Gasteiger partial charge in [-0.25, -0.2) is 0 Å². The van der Waals surface area contributed by atoms with Crippen LogP contribution in [0.4, 0.5) is 64.1 Å². The van der Waals surface area contributed by atoms with Gasteiger partial charge in [-0.15, -0.1) is 0 Å². The second-order valence-corrected chi connectivity index (χ2v) is 19.3. The van der Waals surface area contributed by atoms with Gasteiger partial charge in [0.1, 0.15) is 12.1 Å². The van der Waals surface area contributed by atoms with E-state index in [1.165, 1.54) is 9.80 Å². The summed E-state index contributed by atoms with van der Waals surface area (Å²) in [5.74, 6) is -0.698. The van der Waals surface area contributed by atoms with E-state index in [0.717, 1.165) is 11.1 Å². The van der Waals surface area contributed by atoms with E-state index in [0.29, 0.717) is 24.3 Å². The molecule has 4 aromatic rings. The van der Waals surface area contributed by atoms with Crippen LogP contribution in [0.2, 0.25) is 0 Å². The van der Waals surface area contributed by atoms with Crippen molar-refractivity contribution < 1.29 is 62.3 Å². The Labute approximate surface area is 409 Å². The number of rotatable bonds is 10. The Morgan fingerprint density at radius 1 is 0.457 bits per heavy atom. The molecule has 0 aliphatic carbocycles. The summed E-state index contributed by atoms with van der Waals surface area (Å²) in [7, 11) is 3.22. The molecule has 0 radical (unpaired) electrons. The minimum Gasteiger partial charge on any atom is -0.350 e.